The molecular weight excluding hydrogens is 402 g/mol. The van der Waals surface area contributed by atoms with Crippen molar-refractivity contribution in [2.75, 3.05) is 0 Å². The van der Waals surface area contributed by atoms with Gasteiger partial charge in [0.05, 0.1) is 34.0 Å². The van der Waals surface area contributed by atoms with Crippen LogP contribution in [0.5, 0.6) is 0 Å². The topological polar surface area (TPSA) is 41.6 Å². The van der Waals surface area contributed by atoms with Crippen molar-refractivity contribution in [3.63, 3.8) is 0 Å². The maximum absolute atomic E-state index is 9.49. The first-order chi connectivity index (χ1) is 16.3. The summed E-state index contributed by atoms with van der Waals surface area (Å²) in [5.74, 6) is 0. The summed E-state index contributed by atoms with van der Waals surface area (Å²) in [6.45, 7) is 0. The zero-order valence-corrected chi connectivity index (χ0v) is 17.8. The highest BCUT2D eigenvalue weighted by Crippen LogP contribution is 2.40. The predicted molar refractivity (Wildman–Crippen MR) is 134 cm³/mol. The van der Waals surface area contributed by atoms with Crippen LogP contribution < -0.4 is 0 Å². The highest BCUT2D eigenvalue weighted by atomic mass is 15.0. The molecule has 0 radical (unpaired) electrons. The normalized spacial score (nSPS) is 11.0. The van der Waals surface area contributed by atoms with E-state index in [1.165, 1.54) is 10.8 Å². The van der Waals surface area contributed by atoms with Crippen molar-refractivity contribution < 1.29 is 0 Å². The third-order valence-corrected chi connectivity index (χ3v) is 6.09. The number of hydrogen-bond donors (Lipinski definition) is 0. The zero-order chi connectivity index (χ0) is 22.2. The molecule has 3 heteroatoms. The minimum atomic E-state index is 0.596. The first-order valence-electron chi connectivity index (χ1n) is 10.9. The molecule has 154 valence electrons. The first-order valence-corrected chi connectivity index (χ1v) is 10.9. The van der Waals surface area contributed by atoms with Crippen LogP contribution in [0.4, 0.5) is 0 Å². The highest BCUT2D eigenvalue weighted by Gasteiger charge is 2.19. The Labute approximate surface area is 191 Å². The third-order valence-electron chi connectivity index (χ3n) is 6.09. The van der Waals surface area contributed by atoms with Gasteiger partial charge in [-0.3, -0.25) is 4.98 Å². The molecule has 0 aliphatic rings. The fraction of sp³-hybridized carbons (Fsp3) is 0. The largest absolute Gasteiger partial charge is 0.308 e. The van der Waals surface area contributed by atoms with Gasteiger partial charge in [-0.05, 0) is 29.8 Å². The molecule has 0 aliphatic heterocycles. The molecule has 4 aromatic carbocycles. The van der Waals surface area contributed by atoms with Crippen LogP contribution in [0.25, 0.3) is 49.9 Å². The molecule has 0 saturated heterocycles. The van der Waals surface area contributed by atoms with Crippen molar-refractivity contribution >= 4 is 21.8 Å². The van der Waals surface area contributed by atoms with Gasteiger partial charge in [-0.25, -0.2) is 0 Å². The fourth-order valence-corrected chi connectivity index (χ4v) is 4.65. The van der Waals surface area contributed by atoms with Gasteiger partial charge in [0.15, 0.2) is 0 Å². The van der Waals surface area contributed by atoms with Gasteiger partial charge in [0.25, 0.3) is 0 Å². The summed E-state index contributed by atoms with van der Waals surface area (Å²) < 4.78 is 2.34. The molecule has 33 heavy (non-hydrogen) atoms. The molecule has 0 unspecified atom stereocenters. The van der Waals surface area contributed by atoms with Crippen LogP contribution in [-0.4, -0.2) is 9.55 Å². The number of para-hydroxylation sites is 3. The number of aromatic nitrogens is 2. The van der Waals surface area contributed by atoms with Crippen LogP contribution in [0.3, 0.4) is 0 Å². The van der Waals surface area contributed by atoms with Gasteiger partial charge < -0.3 is 4.57 Å². The lowest BCUT2D eigenvalue weighted by molar-refractivity contribution is 1.17. The van der Waals surface area contributed by atoms with Gasteiger partial charge in [0, 0.05) is 28.1 Å². The lowest BCUT2D eigenvalue weighted by atomic mass is 9.97. The molecule has 3 nitrogen and oxygen atoms in total. The Kier molecular flexibility index (Phi) is 4.49. The van der Waals surface area contributed by atoms with Gasteiger partial charge in [0.1, 0.15) is 0 Å². The van der Waals surface area contributed by atoms with E-state index in [0.717, 1.165) is 39.1 Å². The Morgan fingerprint density at radius 3 is 1.97 bits per heavy atom. The molecule has 0 fully saturated rings. The number of nitrogens with zero attached hydrogens (tertiary/aromatic N) is 3. The van der Waals surface area contributed by atoms with Crippen molar-refractivity contribution in [3.05, 3.63) is 121 Å². The van der Waals surface area contributed by atoms with Crippen molar-refractivity contribution in [1.29, 1.82) is 5.26 Å². The summed E-state index contributed by atoms with van der Waals surface area (Å²) in [6.07, 6.45) is 1.71. The van der Waals surface area contributed by atoms with Crippen molar-refractivity contribution in [3.8, 4) is 34.1 Å². The average molecular weight is 422 g/mol. The van der Waals surface area contributed by atoms with Crippen LogP contribution in [0.2, 0.25) is 0 Å². The molecule has 0 atom stereocenters. The molecule has 2 aromatic heterocycles. The van der Waals surface area contributed by atoms with Crippen LogP contribution in [0.1, 0.15) is 5.56 Å². The number of hydrogen-bond acceptors (Lipinski definition) is 2. The molecule has 6 rings (SSSR count). The highest BCUT2D eigenvalue weighted by molar-refractivity contribution is 6.10. The number of nitriles is 1. The number of pyridine rings is 1. The second-order valence-corrected chi connectivity index (χ2v) is 7.98. The van der Waals surface area contributed by atoms with E-state index in [2.05, 4.69) is 107 Å². The molecule has 0 saturated carbocycles. The predicted octanol–water partition coefficient (Wildman–Crippen LogP) is 7.38. The molecule has 0 spiro atoms. The van der Waals surface area contributed by atoms with Crippen LogP contribution in [0, 0.1) is 11.3 Å². The summed E-state index contributed by atoms with van der Waals surface area (Å²) in [5.41, 5.74) is 7.95. The van der Waals surface area contributed by atoms with Crippen molar-refractivity contribution in [1.82, 2.24) is 9.55 Å². The maximum atomic E-state index is 9.49. The second kappa shape index (κ2) is 7.78. The average Bonchev–Trinajstić information content (AvgIpc) is 3.23. The Morgan fingerprint density at radius 1 is 0.636 bits per heavy atom. The maximum Gasteiger partial charge on any atom is 0.0992 e. The van der Waals surface area contributed by atoms with Crippen molar-refractivity contribution in [2.45, 2.75) is 0 Å². The minimum absolute atomic E-state index is 0.596. The second-order valence-electron chi connectivity index (χ2n) is 7.98. The summed E-state index contributed by atoms with van der Waals surface area (Å²) in [6, 6.07) is 39.6. The quantitative estimate of drug-likeness (QED) is 0.299. The summed E-state index contributed by atoms with van der Waals surface area (Å²) in [5, 5.41) is 11.9. The number of fused-ring (bicyclic) bond motifs is 3. The summed E-state index contributed by atoms with van der Waals surface area (Å²) in [4.78, 5) is 4.66. The van der Waals surface area contributed by atoms with Gasteiger partial charge in [-0.1, -0.05) is 84.9 Å². The van der Waals surface area contributed by atoms with Gasteiger partial charge in [0.2, 0.25) is 0 Å². The van der Waals surface area contributed by atoms with E-state index < -0.39 is 0 Å². The van der Waals surface area contributed by atoms with Crippen molar-refractivity contribution in [2.24, 2.45) is 0 Å². The summed E-state index contributed by atoms with van der Waals surface area (Å²) in [7, 11) is 0. The Balaban J connectivity index is 1.79. The monoisotopic (exact) mass is 421 g/mol. The van der Waals surface area contributed by atoms with Gasteiger partial charge >= 0.3 is 0 Å². The Morgan fingerprint density at radius 2 is 1.27 bits per heavy atom. The van der Waals surface area contributed by atoms with E-state index in [9.17, 15) is 5.26 Å². The number of rotatable bonds is 3. The van der Waals surface area contributed by atoms with Gasteiger partial charge in [-0.2, -0.15) is 5.26 Å². The first kappa shape index (κ1) is 19.0. The minimum Gasteiger partial charge on any atom is -0.308 e. The molecule has 0 bridgehead atoms. The molecule has 0 N–H and O–H groups in total. The van der Waals surface area contributed by atoms with E-state index >= 15 is 0 Å². The molecule has 2 heterocycles. The van der Waals surface area contributed by atoms with Crippen LogP contribution >= 0.6 is 0 Å². The Hall–Kier alpha value is -4.68. The SMILES string of the molecule is N#Cc1ccnc(-c2cccc(-c3ccccc3)c2-n2c3ccccc3c3ccccc32)c1. The van der Waals surface area contributed by atoms with E-state index in [1.54, 1.807) is 12.3 Å². The molecule has 0 amide bonds. The van der Waals surface area contributed by atoms with E-state index in [4.69, 9.17) is 0 Å². The lowest BCUT2D eigenvalue weighted by Crippen LogP contribution is -2.01. The van der Waals surface area contributed by atoms with E-state index in [0.29, 0.717) is 5.56 Å². The summed E-state index contributed by atoms with van der Waals surface area (Å²) >= 11 is 0. The molecular formula is C30H19N3. The Bertz CT molecular complexity index is 1620. The third kappa shape index (κ3) is 3.09. The zero-order valence-electron chi connectivity index (χ0n) is 17.8. The number of benzene rings is 4. The van der Waals surface area contributed by atoms with Gasteiger partial charge in [-0.15, -0.1) is 0 Å². The standard InChI is InChI=1S/C30H19N3/c31-20-21-17-18-32-27(19-21)26-14-8-13-23(22-9-2-1-3-10-22)30(26)33-28-15-6-4-11-24(28)25-12-5-7-16-29(25)33/h1-19H. The fourth-order valence-electron chi connectivity index (χ4n) is 4.65. The van der Waals surface area contributed by atoms with E-state index in [-0.39, 0.29) is 0 Å². The molecule has 6 aromatic rings. The van der Waals surface area contributed by atoms with Crippen LogP contribution in [-0.2, 0) is 0 Å². The van der Waals surface area contributed by atoms with E-state index in [1.807, 2.05) is 12.1 Å². The van der Waals surface area contributed by atoms with Crippen LogP contribution in [0.15, 0.2) is 115 Å². The molecule has 0 aliphatic carbocycles. The smallest absolute Gasteiger partial charge is 0.0992 e. The lowest BCUT2D eigenvalue weighted by Gasteiger charge is -2.18.